The second-order valence-corrected chi connectivity index (χ2v) is 6.93. The fourth-order valence-corrected chi connectivity index (χ4v) is 2.89. The molecule has 1 atom stereocenters. The van der Waals surface area contributed by atoms with Crippen LogP contribution < -0.4 is 16.0 Å². The lowest BCUT2D eigenvalue weighted by atomic mass is 10.3. The Morgan fingerprint density at radius 2 is 1.92 bits per heavy atom. The number of urea groups is 1. The number of hydrogen-bond acceptors (Lipinski definition) is 5. The van der Waals surface area contributed by atoms with Crippen molar-refractivity contribution in [1.29, 1.82) is 5.26 Å². The van der Waals surface area contributed by atoms with Crippen LogP contribution in [0.5, 0.6) is 0 Å². The van der Waals surface area contributed by atoms with E-state index in [1.165, 1.54) is 36.0 Å². The van der Waals surface area contributed by atoms with Gasteiger partial charge in [-0.15, -0.1) is 0 Å². The first-order valence-corrected chi connectivity index (χ1v) is 9.53. The predicted molar refractivity (Wildman–Crippen MR) is 95.9 cm³/mol. The summed E-state index contributed by atoms with van der Waals surface area (Å²) in [5.74, 6) is -0.0888. The number of carbonyl (C=O) groups excluding carboxylic acids is 2. The topological polar surface area (TPSA) is 94.0 Å². The molecule has 0 aliphatic carbocycles. The molecule has 3 amide bonds. The number of alkyl halides is 3. The Bertz CT molecular complexity index is 648. The van der Waals surface area contributed by atoms with Crippen LogP contribution in [0, 0.1) is 11.3 Å². The Hall–Kier alpha value is -2.06. The molecule has 26 heavy (non-hydrogen) atoms. The van der Waals surface area contributed by atoms with Crippen LogP contribution in [-0.4, -0.2) is 42.0 Å². The number of halogens is 3. The summed E-state index contributed by atoms with van der Waals surface area (Å²) in [6.07, 6.45) is 1.93. The first-order chi connectivity index (χ1) is 12.2. The summed E-state index contributed by atoms with van der Waals surface area (Å²) in [5, 5.41) is 16.0. The van der Waals surface area contributed by atoms with Gasteiger partial charge in [0, 0.05) is 22.9 Å². The van der Waals surface area contributed by atoms with Crippen molar-refractivity contribution >= 4 is 41.1 Å². The maximum absolute atomic E-state index is 12.3. The van der Waals surface area contributed by atoms with Crippen LogP contribution in [0.2, 0.25) is 0 Å². The molecule has 0 radical (unpaired) electrons. The number of hydrogen-bond donors (Lipinski definition) is 3. The number of nitriles is 1. The van der Waals surface area contributed by atoms with E-state index >= 15 is 0 Å². The summed E-state index contributed by atoms with van der Waals surface area (Å²) < 4.78 is 36.8. The third-order valence-electron chi connectivity index (χ3n) is 2.84. The molecule has 3 N–H and O–H groups in total. The SMILES string of the molecule is CSCC(NC(=O)Nc1ccc(SC(F)(F)F)cc1)C(=O)NCCC#N. The maximum Gasteiger partial charge on any atom is 0.446 e. The normalized spacial score (nSPS) is 12.0. The van der Waals surface area contributed by atoms with Crippen LogP contribution in [0.1, 0.15) is 6.42 Å². The van der Waals surface area contributed by atoms with Crippen molar-refractivity contribution < 1.29 is 22.8 Å². The van der Waals surface area contributed by atoms with Crippen molar-refractivity contribution in [2.45, 2.75) is 22.9 Å². The number of nitrogens with one attached hydrogen (secondary N) is 3. The monoisotopic (exact) mass is 406 g/mol. The van der Waals surface area contributed by atoms with E-state index in [0.717, 1.165) is 0 Å². The van der Waals surface area contributed by atoms with Gasteiger partial charge in [-0.1, -0.05) is 0 Å². The molecule has 0 aromatic heterocycles. The van der Waals surface area contributed by atoms with Crippen molar-refractivity contribution in [1.82, 2.24) is 10.6 Å². The zero-order valence-corrected chi connectivity index (χ0v) is 15.4. The highest BCUT2D eigenvalue weighted by atomic mass is 32.2. The van der Waals surface area contributed by atoms with Gasteiger partial charge in [-0.25, -0.2) is 4.79 Å². The van der Waals surface area contributed by atoms with E-state index in [2.05, 4.69) is 16.0 Å². The van der Waals surface area contributed by atoms with Gasteiger partial charge in [0.2, 0.25) is 5.91 Å². The maximum atomic E-state index is 12.3. The number of amides is 3. The Morgan fingerprint density at radius 1 is 1.27 bits per heavy atom. The van der Waals surface area contributed by atoms with Crippen molar-refractivity contribution in [2.75, 3.05) is 23.9 Å². The molecular formula is C15H17F3N4O2S2. The largest absolute Gasteiger partial charge is 0.446 e. The minimum atomic E-state index is -4.38. The predicted octanol–water partition coefficient (Wildman–Crippen LogP) is 3.18. The lowest BCUT2D eigenvalue weighted by Crippen LogP contribution is -2.49. The number of carbonyl (C=O) groups is 2. The van der Waals surface area contributed by atoms with Gasteiger partial charge in [-0.2, -0.15) is 30.2 Å². The van der Waals surface area contributed by atoms with Crippen molar-refractivity contribution in [3.8, 4) is 6.07 Å². The number of thioether (sulfide) groups is 2. The molecule has 1 aromatic carbocycles. The zero-order chi connectivity index (χ0) is 19.6. The molecule has 0 saturated carbocycles. The van der Waals surface area contributed by atoms with Gasteiger partial charge >= 0.3 is 11.5 Å². The Balaban J connectivity index is 2.59. The fraction of sp³-hybridized carbons (Fsp3) is 0.400. The van der Waals surface area contributed by atoms with Gasteiger partial charge in [-0.05, 0) is 42.3 Å². The summed E-state index contributed by atoms with van der Waals surface area (Å²) in [7, 11) is 0. The summed E-state index contributed by atoms with van der Waals surface area (Å²) >= 11 is 1.11. The first kappa shape index (κ1) is 22.0. The summed E-state index contributed by atoms with van der Waals surface area (Å²) in [6.45, 7) is 0.182. The van der Waals surface area contributed by atoms with Crippen LogP contribution in [0.15, 0.2) is 29.2 Å². The van der Waals surface area contributed by atoms with Crippen molar-refractivity contribution in [3.05, 3.63) is 24.3 Å². The molecule has 11 heteroatoms. The number of benzene rings is 1. The molecule has 0 spiro atoms. The quantitative estimate of drug-likeness (QED) is 0.455. The van der Waals surface area contributed by atoms with Crippen LogP contribution >= 0.6 is 23.5 Å². The van der Waals surface area contributed by atoms with Crippen molar-refractivity contribution in [2.24, 2.45) is 0 Å². The molecule has 0 aliphatic heterocycles. The van der Waals surface area contributed by atoms with E-state index in [4.69, 9.17) is 5.26 Å². The average Bonchev–Trinajstić information content (AvgIpc) is 2.55. The fourth-order valence-electron chi connectivity index (χ4n) is 1.78. The van der Waals surface area contributed by atoms with Gasteiger partial charge in [0.15, 0.2) is 0 Å². The van der Waals surface area contributed by atoms with E-state index in [0.29, 0.717) is 11.4 Å². The third kappa shape index (κ3) is 8.87. The van der Waals surface area contributed by atoms with Gasteiger partial charge < -0.3 is 16.0 Å². The standard InChI is InChI=1S/C15H17F3N4O2S2/c1-25-9-12(13(23)20-8-2-7-19)22-14(24)21-10-3-5-11(6-4-10)26-15(16,17)18/h3-6,12H,2,8-9H2,1H3,(H,20,23)(H2,21,22,24). The lowest BCUT2D eigenvalue weighted by molar-refractivity contribution is -0.122. The molecule has 1 unspecified atom stereocenters. The number of anilines is 1. The van der Waals surface area contributed by atoms with Gasteiger partial charge in [0.05, 0.1) is 12.5 Å². The molecular weight excluding hydrogens is 389 g/mol. The van der Waals surface area contributed by atoms with E-state index in [1.807, 2.05) is 6.07 Å². The van der Waals surface area contributed by atoms with E-state index < -0.39 is 23.5 Å². The smallest absolute Gasteiger partial charge is 0.353 e. The molecule has 0 bridgehead atoms. The van der Waals surface area contributed by atoms with Gasteiger partial charge in [-0.3, -0.25) is 4.79 Å². The molecule has 1 rings (SSSR count). The van der Waals surface area contributed by atoms with Crippen LogP contribution in [0.4, 0.5) is 23.7 Å². The zero-order valence-electron chi connectivity index (χ0n) is 13.7. The second kappa shape index (κ2) is 10.8. The minimum absolute atomic E-state index is 0.000545. The van der Waals surface area contributed by atoms with E-state index in [-0.39, 0.29) is 29.6 Å². The highest BCUT2D eigenvalue weighted by Crippen LogP contribution is 2.36. The Kier molecular flexibility index (Phi) is 9.15. The summed E-state index contributed by atoms with van der Waals surface area (Å²) in [4.78, 5) is 24.0. The Labute approximate surface area is 157 Å². The van der Waals surface area contributed by atoms with Crippen LogP contribution in [0.25, 0.3) is 0 Å². The van der Waals surface area contributed by atoms with Gasteiger partial charge in [0.25, 0.3) is 0 Å². The van der Waals surface area contributed by atoms with Crippen LogP contribution in [-0.2, 0) is 4.79 Å². The molecule has 0 aliphatic rings. The molecule has 1 aromatic rings. The summed E-state index contributed by atoms with van der Waals surface area (Å²) in [6, 6.07) is 5.59. The van der Waals surface area contributed by atoms with E-state index in [9.17, 15) is 22.8 Å². The average molecular weight is 406 g/mol. The number of rotatable bonds is 8. The molecule has 142 valence electrons. The molecule has 0 saturated heterocycles. The van der Waals surface area contributed by atoms with E-state index in [1.54, 1.807) is 6.26 Å². The first-order valence-electron chi connectivity index (χ1n) is 7.32. The van der Waals surface area contributed by atoms with Crippen molar-refractivity contribution in [3.63, 3.8) is 0 Å². The van der Waals surface area contributed by atoms with Crippen LogP contribution in [0.3, 0.4) is 0 Å². The molecule has 0 heterocycles. The third-order valence-corrected chi connectivity index (χ3v) is 4.24. The van der Waals surface area contributed by atoms with Gasteiger partial charge in [0.1, 0.15) is 6.04 Å². The highest BCUT2D eigenvalue weighted by molar-refractivity contribution is 8.00. The highest BCUT2D eigenvalue weighted by Gasteiger charge is 2.29. The molecule has 6 nitrogen and oxygen atoms in total. The minimum Gasteiger partial charge on any atom is -0.353 e. The molecule has 0 fully saturated rings. The Morgan fingerprint density at radius 3 is 2.46 bits per heavy atom. The second-order valence-electron chi connectivity index (χ2n) is 4.88. The lowest BCUT2D eigenvalue weighted by Gasteiger charge is -2.17. The summed E-state index contributed by atoms with van der Waals surface area (Å²) in [5.41, 5.74) is -4.09. The number of nitrogens with zero attached hydrogens (tertiary/aromatic N) is 1.